The first-order valence-electron chi connectivity index (χ1n) is 5.40. The van der Waals surface area contributed by atoms with Crippen molar-refractivity contribution >= 4 is 40.2 Å². The van der Waals surface area contributed by atoms with Crippen molar-refractivity contribution in [1.82, 2.24) is 0 Å². The van der Waals surface area contributed by atoms with Crippen LogP contribution in [-0.4, -0.2) is 17.9 Å². The zero-order valence-electron chi connectivity index (χ0n) is 10.3. The van der Waals surface area contributed by atoms with Crippen LogP contribution in [0.1, 0.15) is 9.67 Å². The lowest BCUT2D eigenvalue weighted by molar-refractivity contribution is -0.384. The first-order chi connectivity index (χ1) is 9.51. The normalized spacial score (nSPS) is 10.1. The molecule has 1 N–H and O–H groups in total. The lowest BCUT2D eigenvalue weighted by Crippen LogP contribution is -2.11. The third-order valence-electron chi connectivity index (χ3n) is 2.44. The van der Waals surface area contributed by atoms with Gasteiger partial charge in [-0.1, -0.05) is 11.6 Å². The summed E-state index contributed by atoms with van der Waals surface area (Å²) >= 11 is 6.90. The Morgan fingerprint density at radius 2 is 2.15 bits per heavy atom. The second-order valence-electron chi connectivity index (χ2n) is 3.70. The Bertz CT molecular complexity index is 671. The first kappa shape index (κ1) is 14.3. The highest BCUT2D eigenvalue weighted by Gasteiger charge is 2.15. The fourth-order valence-electron chi connectivity index (χ4n) is 1.52. The van der Waals surface area contributed by atoms with Crippen molar-refractivity contribution in [2.45, 2.75) is 0 Å². The van der Waals surface area contributed by atoms with E-state index in [0.29, 0.717) is 14.9 Å². The summed E-state index contributed by atoms with van der Waals surface area (Å²) in [5.74, 6) is -0.135. The molecule has 1 aromatic heterocycles. The molecular weight excluding hydrogens is 304 g/mol. The molecule has 1 heterocycles. The number of carbonyl (C=O) groups excluding carboxylic acids is 1. The van der Waals surface area contributed by atoms with Crippen molar-refractivity contribution in [3.8, 4) is 5.75 Å². The Labute approximate surface area is 123 Å². The van der Waals surface area contributed by atoms with Crippen LogP contribution in [0.2, 0.25) is 4.34 Å². The van der Waals surface area contributed by atoms with Crippen molar-refractivity contribution in [1.29, 1.82) is 0 Å². The summed E-state index contributed by atoms with van der Waals surface area (Å²) in [4.78, 5) is 22.5. The van der Waals surface area contributed by atoms with Crippen LogP contribution in [0, 0.1) is 10.1 Å². The summed E-state index contributed by atoms with van der Waals surface area (Å²) in [7, 11) is 1.37. The average Bonchev–Trinajstić information content (AvgIpc) is 2.85. The molecule has 0 bridgehead atoms. The van der Waals surface area contributed by atoms with Gasteiger partial charge in [-0.05, 0) is 18.2 Å². The van der Waals surface area contributed by atoms with Crippen LogP contribution >= 0.6 is 22.9 Å². The number of non-ortho nitro benzene ring substituents is 1. The van der Waals surface area contributed by atoms with Gasteiger partial charge in [-0.3, -0.25) is 14.9 Å². The summed E-state index contributed by atoms with van der Waals surface area (Å²) in [6, 6.07) is 7.18. The Morgan fingerprint density at radius 1 is 1.40 bits per heavy atom. The number of methoxy groups -OCH3 is 1. The van der Waals surface area contributed by atoms with E-state index in [-0.39, 0.29) is 17.3 Å². The highest BCUT2D eigenvalue weighted by molar-refractivity contribution is 7.18. The van der Waals surface area contributed by atoms with E-state index in [0.717, 1.165) is 11.3 Å². The minimum atomic E-state index is -0.535. The molecule has 0 radical (unpaired) electrons. The summed E-state index contributed by atoms with van der Waals surface area (Å²) in [6.07, 6.45) is 0. The summed E-state index contributed by atoms with van der Waals surface area (Å²) in [5.41, 5.74) is 0.242. The molecule has 104 valence electrons. The Balaban J connectivity index is 2.25. The predicted octanol–water partition coefficient (Wildman–Crippen LogP) is 3.57. The number of nitro benzene ring substituents is 1. The van der Waals surface area contributed by atoms with Crippen molar-refractivity contribution in [2.24, 2.45) is 0 Å². The second kappa shape index (κ2) is 5.89. The van der Waals surface area contributed by atoms with E-state index < -0.39 is 4.92 Å². The highest BCUT2D eigenvalue weighted by Crippen LogP contribution is 2.30. The van der Waals surface area contributed by atoms with E-state index in [4.69, 9.17) is 16.3 Å². The Hall–Kier alpha value is -2.12. The van der Waals surface area contributed by atoms with E-state index in [1.807, 2.05) is 0 Å². The van der Waals surface area contributed by atoms with Crippen LogP contribution in [0.25, 0.3) is 0 Å². The van der Waals surface area contributed by atoms with Crippen LogP contribution in [0.4, 0.5) is 11.4 Å². The van der Waals surface area contributed by atoms with Gasteiger partial charge in [-0.15, -0.1) is 11.3 Å². The van der Waals surface area contributed by atoms with E-state index in [9.17, 15) is 14.9 Å². The number of nitrogens with zero attached hydrogens (tertiary/aromatic N) is 1. The number of nitro groups is 1. The molecule has 0 spiro atoms. The van der Waals surface area contributed by atoms with Gasteiger partial charge in [0.05, 0.1) is 33.0 Å². The molecule has 8 heteroatoms. The van der Waals surface area contributed by atoms with Gasteiger partial charge in [0, 0.05) is 6.07 Å². The molecular formula is C12H9ClN2O4S. The third kappa shape index (κ3) is 3.06. The molecule has 0 aliphatic carbocycles. The van der Waals surface area contributed by atoms with Gasteiger partial charge in [-0.2, -0.15) is 0 Å². The van der Waals surface area contributed by atoms with Gasteiger partial charge in [0.25, 0.3) is 11.6 Å². The fourth-order valence-corrected chi connectivity index (χ4v) is 2.46. The monoisotopic (exact) mass is 312 g/mol. The first-order valence-corrected chi connectivity index (χ1v) is 6.60. The van der Waals surface area contributed by atoms with Crippen LogP contribution in [0.15, 0.2) is 30.3 Å². The van der Waals surface area contributed by atoms with E-state index in [1.54, 1.807) is 12.1 Å². The SMILES string of the molecule is COc1cc([N+](=O)[O-])ccc1NC(=O)c1ccc(Cl)s1. The van der Waals surface area contributed by atoms with Gasteiger partial charge in [0.1, 0.15) is 5.75 Å². The van der Waals surface area contributed by atoms with Crippen molar-refractivity contribution in [3.05, 3.63) is 49.7 Å². The van der Waals surface area contributed by atoms with Crippen LogP contribution in [0.5, 0.6) is 5.75 Å². The molecule has 0 unspecified atom stereocenters. The minimum absolute atomic E-state index is 0.112. The molecule has 0 aliphatic rings. The smallest absolute Gasteiger partial charge is 0.273 e. The number of anilines is 1. The molecule has 0 saturated heterocycles. The number of hydrogen-bond donors (Lipinski definition) is 1. The van der Waals surface area contributed by atoms with Crippen molar-refractivity contribution in [3.63, 3.8) is 0 Å². The lowest BCUT2D eigenvalue weighted by atomic mass is 10.2. The standard InChI is InChI=1S/C12H9ClN2O4S/c1-19-9-6-7(15(17)18)2-3-8(9)14-12(16)10-4-5-11(13)20-10/h2-6H,1H3,(H,14,16). The Kier molecular flexibility index (Phi) is 4.21. The number of benzene rings is 1. The zero-order chi connectivity index (χ0) is 14.7. The van der Waals surface area contributed by atoms with Crippen molar-refractivity contribution < 1.29 is 14.5 Å². The maximum atomic E-state index is 12.0. The third-order valence-corrected chi connectivity index (χ3v) is 3.67. The van der Waals surface area contributed by atoms with E-state index >= 15 is 0 Å². The van der Waals surface area contributed by atoms with Gasteiger partial charge in [-0.25, -0.2) is 0 Å². The van der Waals surface area contributed by atoms with Gasteiger partial charge < -0.3 is 10.1 Å². The fraction of sp³-hybridized carbons (Fsp3) is 0.0833. The topological polar surface area (TPSA) is 81.5 Å². The quantitative estimate of drug-likeness (QED) is 0.691. The second-order valence-corrected chi connectivity index (χ2v) is 5.41. The number of ether oxygens (including phenoxy) is 1. The minimum Gasteiger partial charge on any atom is -0.494 e. The molecule has 1 amide bonds. The molecule has 0 aliphatic heterocycles. The number of amides is 1. The highest BCUT2D eigenvalue weighted by atomic mass is 35.5. The molecule has 20 heavy (non-hydrogen) atoms. The molecule has 0 atom stereocenters. The van der Waals surface area contributed by atoms with Crippen LogP contribution in [0.3, 0.4) is 0 Å². The number of nitrogens with one attached hydrogen (secondary N) is 1. The number of hydrogen-bond acceptors (Lipinski definition) is 5. The van der Waals surface area contributed by atoms with Crippen molar-refractivity contribution in [2.75, 3.05) is 12.4 Å². The largest absolute Gasteiger partial charge is 0.494 e. The van der Waals surface area contributed by atoms with Gasteiger partial charge in [0.15, 0.2) is 0 Å². The maximum absolute atomic E-state index is 12.0. The number of halogens is 1. The van der Waals surface area contributed by atoms with Crippen LogP contribution in [-0.2, 0) is 0 Å². The molecule has 0 saturated carbocycles. The average molecular weight is 313 g/mol. The molecule has 6 nitrogen and oxygen atoms in total. The molecule has 0 fully saturated rings. The molecule has 2 rings (SSSR count). The molecule has 1 aromatic carbocycles. The van der Waals surface area contributed by atoms with E-state index in [2.05, 4.69) is 5.32 Å². The molecule has 2 aromatic rings. The summed E-state index contributed by atoms with van der Waals surface area (Å²) in [5, 5.41) is 13.3. The van der Waals surface area contributed by atoms with E-state index in [1.165, 1.54) is 25.3 Å². The summed E-state index contributed by atoms with van der Waals surface area (Å²) < 4.78 is 5.54. The number of rotatable bonds is 4. The summed E-state index contributed by atoms with van der Waals surface area (Å²) in [6.45, 7) is 0. The van der Waals surface area contributed by atoms with Gasteiger partial charge >= 0.3 is 0 Å². The zero-order valence-corrected chi connectivity index (χ0v) is 11.8. The number of thiophene rings is 1. The lowest BCUT2D eigenvalue weighted by Gasteiger charge is -2.09. The maximum Gasteiger partial charge on any atom is 0.273 e. The Morgan fingerprint density at radius 3 is 2.70 bits per heavy atom. The van der Waals surface area contributed by atoms with Crippen LogP contribution < -0.4 is 10.1 Å². The number of carbonyl (C=O) groups is 1. The predicted molar refractivity (Wildman–Crippen MR) is 76.9 cm³/mol. The van der Waals surface area contributed by atoms with Gasteiger partial charge in [0.2, 0.25) is 0 Å².